The monoisotopic (exact) mass is 242 g/mol. The molecule has 0 bridgehead atoms. The Kier molecular flexibility index (Phi) is 5.38. The third-order valence-electron chi connectivity index (χ3n) is 2.20. The van der Waals surface area contributed by atoms with Crippen molar-refractivity contribution in [2.75, 3.05) is 19.7 Å². The molecule has 92 valence electrons. The second-order valence-corrected chi connectivity index (χ2v) is 6.05. The molecule has 1 aromatic rings. The van der Waals surface area contributed by atoms with Gasteiger partial charge in [-0.15, -0.1) is 11.3 Å². The summed E-state index contributed by atoms with van der Waals surface area (Å²) in [5.41, 5.74) is 3.29. The van der Waals surface area contributed by atoms with Gasteiger partial charge in [-0.25, -0.2) is 4.98 Å². The second-order valence-electron chi connectivity index (χ2n) is 5.33. The number of aromatic nitrogens is 1. The van der Waals surface area contributed by atoms with E-state index in [1.54, 1.807) is 11.3 Å². The normalized spacial score (nSPS) is 12.3. The standard InChI is InChI=1S/C12H22N2OS/c1-12(2,3)9-14(5-4-6-15)7-11-8-16-10-13-11/h8,10,15H,4-7,9H2,1-3H3. The summed E-state index contributed by atoms with van der Waals surface area (Å²) in [6.07, 6.45) is 0.834. The Morgan fingerprint density at radius 3 is 2.69 bits per heavy atom. The summed E-state index contributed by atoms with van der Waals surface area (Å²) in [7, 11) is 0. The SMILES string of the molecule is CC(C)(C)CN(CCCO)Cc1cscn1. The highest BCUT2D eigenvalue weighted by Gasteiger charge is 2.16. The van der Waals surface area contributed by atoms with Crippen LogP contribution in [0.2, 0.25) is 0 Å². The Labute approximate surface area is 102 Å². The first-order valence-corrected chi connectivity index (χ1v) is 6.66. The Hall–Kier alpha value is -0.450. The van der Waals surface area contributed by atoms with Crippen LogP contribution in [0.15, 0.2) is 10.9 Å². The number of hydrogen-bond acceptors (Lipinski definition) is 4. The lowest BCUT2D eigenvalue weighted by Gasteiger charge is -2.29. The molecule has 16 heavy (non-hydrogen) atoms. The first kappa shape index (κ1) is 13.6. The lowest BCUT2D eigenvalue weighted by atomic mass is 9.96. The van der Waals surface area contributed by atoms with Gasteiger partial charge in [-0.05, 0) is 11.8 Å². The molecule has 1 heterocycles. The Morgan fingerprint density at radius 1 is 1.44 bits per heavy atom. The Bertz CT molecular complexity index is 280. The van der Waals surface area contributed by atoms with Crippen molar-refractivity contribution in [3.8, 4) is 0 Å². The summed E-state index contributed by atoms with van der Waals surface area (Å²) in [6.45, 7) is 9.83. The van der Waals surface area contributed by atoms with Crippen LogP contribution in [-0.4, -0.2) is 34.7 Å². The number of thiazole rings is 1. The van der Waals surface area contributed by atoms with E-state index in [0.717, 1.165) is 31.7 Å². The van der Waals surface area contributed by atoms with Gasteiger partial charge in [0.2, 0.25) is 0 Å². The quantitative estimate of drug-likeness (QED) is 0.832. The van der Waals surface area contributed by atoms with Crippen LogP contribution in [0.4, 0.5) is 0 Å². The van der Waals surface area contributed by atoms with Crippen molar-refractivity contribution in [2.24, 2.45) is 5.41 Å². The number of hydrogen-bond donors (Lipinski definition) is 1. The first-order valence-electron chi connectivity index (χ1n) is 5.71. The molecule has 0 aliphatic rings. The van der Waals surface area contributed by atoms with E-state index < -0.39 is 0 Å². The van der Waals surface area contributed by atoms with Crippen molar-refractivity contribution < 1.29 is 5.11 Å². The zero-order valence-corrected chi connectivity index (χ0v) is 11.3. The molecule has 0 saturated heterocycles. The highest BCUT2D eigenvalue weighted by Crippen LogP contribution is 2.17. The molecular weight excluding hydrogens is 220 g/mol. The van der Waals surface area contributed by atoms with Crippen LogP contribution in [0.5, 0.6) is 0 Å². The van der Waals surface area contributed by atoms with E-state index in [4.69, 9.17) is 5.11 Å². The molecule has 1 N–H and O–H groups in total. The lowest BCUT2D eigenvalue weighted by Crippen LogP contribution is -2.33. The molecule has 0 atom stereocenters. The largest absolute Gasteiger partial charge is 0.396 e. The van der Waals surface area contributed by atoms with Crippen LogP contribution in [0.25, 0.3) is 0 Å². The first-order chi connectivity index (χ1) is 7.51. The van der Waals surface area contributed by atoms with Crippen LogP contribution in [0, 0.1) is 5.41 Å². The van der Waals surface area contributed by atoms with Gasteiger partial charge >= 0.3 is 0 Å². The molecule has 0 aliphatic heterocycles. The minimum absolute atomic E-state index is 0.262. The molecule has 1 rings (SSSR count). The van der Waals surface area contributed by atoms with Crippen molar-refractivity contribution in [2.45, 2.75) is 33.7 Å². The van der Waals surface area contributed by atoms with E-state index >= 15 is 0 Å². The summed E-state index contributed by atoms with van der Waals surface area (Å²) in [5, 5.41) is 11.0. The average molecular weight is 242 g/mol. The van der Waals surface area contributed by atoms with Crippen molar-refractivity contribution in [3.05, 3.63) is 16.6 Å². The lowest BCUT2D eigenvalue weighted by molar-refractivity contribution is 0.165. The topological polar surface area (TPSA) is 36.4 Å². The summed E-state index contributed by atoms with van der Waals surface area (Å²) in [4.78, 5) is 6.67. The highest BCUT2D eigenvalue weighted by molar-refractivity contribution is 7.07. The van der Waals surface area contributed by atoms with E-state index in [1.807, 2.05) is 5.51 Å². The average Bonchev–Trinajstić information content (AvgIpc) is 2.64. The van der Waals surface area contributed by atoms with Crippen molar-refractivity contribution in [3.63, 3.8) is 0 Å². The molecule has 1 aromatic heterocycles. The van der Waals surface area contributed by atoms with E-state index in [2.05, 4.69) is 36.0 Å². The van der Waals surface area contributed by atoms with Gasteiger partial charge in [-0.2, -0.15) is 0 Å². The second kappa shape index (κ2) is 6.33. The Morgan fingerprint density at radius 2 is 2.19 bits per heavy atom. The molecule has 0 aliphatic carbocycles. The minimum Gasteiger partial charge on any atom is -0.396 e. The summed E-state index contributed by atoms with van der Waals surface area (Å²) < 4.78 is 0. The van der Waals surface area contributed by atoms with Gasteiger partial charge < -0.3 is 5.11 Å². The fraction of sp³-hybridized carbons (Fsp3) is 0.750. The van der Waals surface area contributed by atoms with Crippen molar-refractivity contribution in [1.82, 2.24) is 9.88 Å². The third kappa shape index (κ3) is 5.58. The van der Waals surface area contributed by atoms with Gasteiger partial charge in [-0.1, -0.05) is 20.8 Å². The fourth-order valence-corrected chi connectivity index (χ4v) is 2.27. The smallest absolute Gasteiger partial charge is 0.0795 e. The van der Waals surface area contributed by atoms with Gasteiger partial charge in [-0.3, -0.25) is 4.90 Å². The van der Waals surface area contributed by atoms with E-state index in [0.29, 0.717) is 0 Å². The molecule has 0 amide bonds. The van der Waals surface area contributed by atoms with Crippen LogP contribution in [-0.2, 0) is 6.54 Å². The van der Waals surface area contributed by atoms with Gasteiger partial charge in [0.05, 0.1) is 11.2 Å². The highest BCUT2D eigenvalue weighted by atomic mass is 32.1. The maximum Gasteiger partial charge on any atom is 0.0795 e. The molecule has 4 heteroatoms. The predicted octanol–water partition coefficient (Wildman–Crippen LogP) is 2.37. The van der Waals surface area contributed by atoms with Gasteiger partial charge in [0, 0.05) is 31.6 Å². The van der Waals surface area contributed by atoms with Crippen molar-refractivity contribution >= 4 is 11.3 Å². The number of aliphatic hydroxyl groups excluding tert-OH is 1. The summed E-state index contributed by atoms with van der Waals surface area (Å²) in [6, 6.07) is 0. The van der Waals surface area contributed by atoms with Crippen LogP contribution in [0.1, 0.15) is 32.9 Å². The molecule has 0 saturated carbocycles. The zero-order valence-electron chi connectivity index (χ0n) is 10.4. The number of rotatable bonds is 6. The number of aliphatic hydroxyl groups is 1. The third-order valence-corrected chi connectivity index (χ3v) is 2.83. The molecule has 0 radical (unpaired) electrons. The predicted molar refractivity (Wildman–Crippen MR) is 68.5 cm³/mol. The fourth-order valence-electron chi connectivity index (χ4n) is 1.72. The minimum atomic E-state index is 0.262. The molecule has 0 spiro atoms. The van der Waals surface area contributed by atoms with Gasteiger partial charge in [0.1, 0.15) is 0 Å². The van der Waals surface area contributed by atoms with Crippen LogP contribution >= 0.6 is 11.3 Å². The molecular formula is C12H22N2OS. The number of nitrogens with zero attached hydrogens (tertiary/aromatic N) is 2. The zero-order chi connectivity index (χ0) is 12.0. The van der Waals surface area contributed by atoms with E-state index in [9.17, 15) is 0 Å². The Balaban J connectivity index is 2.50. The maximum atomic E-state index is 8.90. The molecule has 0 unspecified atom stereocenters. The van der Waals surface area contributed by atoms with E-state index in [-0.39, 0.29) is 12.0 Å². The summed E-state index contributed by atoms with van der Waals surface area (Å²) >= 11 is 1.64. The molecule has 0 fully saturated rings. The van der Waals surface area contributed by atoms with Crippen LogP contribution < -0.4 is 0 Å². The molecule has 3 nitrogen and oxygen atoms in total. The van der Waals surface area contributed by atoms with Crippen LogP contribution in [0.3, 0.4) is 0 Å². The van der Waals surface area contributed by atoms with E-state index in [1.165, 1.54) is 0 Å². The molecule has 0 aromatic carbocycles. The van der Waals surface area contributed by atoms with Crippen molar-refractivity contribution in [1.29, 1.82) is 0 Å². The summed E-state index contributed by atoms with van der Waals surface area (Å²) in [5.74, 6) is 0. The maximum absolute atomic E-state index is 8.90. The van der Waals surface area contributed by atoms with Gasteiger partial charge in [0.15, 0.2) is 0 Å². The van der Waals surface area contributed by atoms with Gasteiger partial charge in [0.25, 0.3) is 0 Å².